The summed E-state index contributed by atoms with van der Waals surface area (Å²) in [6.07, 6.45) is 6.40. The van der Waals surface area contributed by atoms with Crippen molar-refractivity contribution in [2.45, 2.75) is 89.4 Å². The zero-order valence-electron chi connectivity index (χ0n) is 25.8. The maximum absolute atomic E-state index is 3.15. The summed E-state index contributed by atoms with van der Waals surface area (Å²) in [7, 11) is -1.06. The summed E-state index contributed by atoms with van der Waals surface area (Å²) in [5.74, 6) is 1.46. The maximum atomic E-state index is 3.15. The Kier molecular flexibility index (Phi) is 9.03. The zero-order valence-corrected chi connectivity index (χ0v) is 27.6. The van der Waals surface area contributed by atoms with Crippen molar-refractivity contribution in [3.8, 4) is 0 Å². The molecule has 3 aromatic rings. The van der Waals surface area contributed by atoms with Gasteiger partial charge in [0.25, 0.3) is 0 Å². The molecule has 0 bridgehead atoms. The normalized spacial score (nSPS) is 28.8. The largest absolute Gasteiger partial charge is 0.252 e. The standard InChI is InChI=1S/C36H49N3P2/c1-6-7-27-39(40-29(3)28(2)36(4,5)32-23-15-16-24-33(32)40)41-34(30-19-11-8-12-20-30)37-25-17-10-18-26-38(37)35(41)31-21-13-9-14-22-31/h8-9,11-16,19-24,28-29,34-35H,6-7,10,17-18,25-27H2,1-5H3/t28?,29?,34-,35-,40?/m1/s1. The Bertz CT molecular complexity index is 1230. The number of hydrogen-bond donors (Lipinski definition) is 0. The number of unbranched alkanes of at least 4 members (excludes halogenated alkanes) is 1. The minimum Gasteiger partial charge on any atom is -0.252 e. The highest BCUT2D eigenvalue weighted by molar-refractivity contribution is 7.75. The SMILES string of the molecule is CCCCN(P1c2ccccc2C(C)(C)C(C)C1C)P1[C@H](c2ccccc2)N2CCCCCN2[C@H]1c1ccccc1. The molecular weight excluding hydrogens is 536 g/mol. The molecule has 0 spiro atoms. The van der Waals surface area contributed by atoms with E-state index in [1.165, 1.54) is 49.8 Å². The van der Waals surface area contributed by atoms with Gasteiger partial charge >= 0.3 is 0 Å². The van der Waals surface area contributed by atoms with Crippen molar-refractivity contribution in [3.63, 3.8) is 0 Å². The number of hydrazine groups is 1. The molecule has 3 unspecified atom stereocenters. The van der Waals surface area contributed by atoms with Gasteiger partial charge in [0, 0.05) is 35.8 Å². The predicted molar refractivity (Wildman–Crippen MR) is 179 cm³/mol. The third-order valence-corrected chi connectivity index (χ3v) is 17.0. The average molecular weight is 586 g/mol. The number of fused-ring (bicyclic) bond motifs is 2. The molecule has 0 N–H and O–H groups in total. The third kappa shape index (κ3) is 5.36. The fourth-order valence-electron chi connectivity index (χ4n) is 7.53. The molecule has 0 aromatic heterocycles. The molecule has 0 aliphatic carbocycles. The van der Waals surface area contributed by atoms with Crippen molar-refractivity contribution in [2.75, 3.05) is 19.6 Å². The molecule has 0 saturated carbocycles. The molecule has 6 rings (SSSR count). The average Bonchev–Trinajstić information content (AvgIpc) is 3.13. The first-order valence-corrected chi connectivity index (χ1v) is 18.8. The Labute approximate surface area is 251 Å². The lowest BCUT2D eigenvalue weighted by Gasteiger charge is -2.52. The minimum atomic E-state index is -0.572. The summed E-state index contributed by atoms with van der Waals surface area (Å²) < 4.78 is 3.15. The van der Waals surface area contributed by atoms with E-state index in [0.29, 0.717) is 23.1 Å². The molecule has 0 amide bonds. The van der Waals surface area contributed by atoms with Crippen LogP contribution in [0.2, 0.25) is 0 Å². The van der Waals surface area contributed by atoms with Crippen LogP contribution in [0.3, 0.4) is 0 Å². The monoisotopic (exact) mass is 585 g/mol. The Hall–Kier alpha value is -1.60. The van der Waals surface area contributed by atoms with Crippen LogP contribution in [-0.2, 0) is 5.41 Å². The van der Waals surface area contributed by atoms with Crippen molar-refractivity contribution < 1.29 is 0 Å². The van der Waals surface area contributed by atoms with Crippen LogP contribution in [0.1, 0.15) is 95.0 Å². The summed E-state index contributed by atoms with van der Waals surface area (Å²) >= 11 is 0. The van der Waals surface area contributed by atoms with Crippen LogP contribution in [0.5, 0.6) is 0 Å². The van der Waals surface area contributed by atoms with Crippen LogP contribution < -0.4 is 5.30 Å². The molecule has 218 valence electrons. The van der Waals surface area contributed by atoms with E-state index in [2.05, 4.69) is 134 Å². The number of benzene rings is 3. The van der Waals surface area contributed by atoms with Crippen LogP contribution in [0.15, 0.2) is 84.9 Å². The lowest BCUT2D eigenvalue weighted by molar-refractivity contribution is -0.0191. The summed E-state index contributed by atoms with van der Waals surface area (Å²) in [6.45, 7) is 16.0. The van der Waals surface area contributed by atoms with E-state index >= 15 is 0 Å². The second kappa shape index (κ2) is 12.6. The van der Waals surface area contributed by atoms with Gasteiger partial charge in [-0.15, -0.1) is 0 Å². The lowest BCUT2D eigenvalue weighted by atomic mass is 9.72. The first kappa shape index (κ1) is 29.5. The number of hydrogen-bond acceptors (Lipinski definition) is 3. The van der Waals surface area contributed by atoms with Gasteiger partial charge in [0.1, 0.15) is 0 Å². The van der Waals surface area contributed by atoms with E-state index in [1.54, 1.807) is 10.9 Å². The fraction of sp³-hybridized carbons (Fsp3) is 0.500. The molecule has 3 nitrogen and oxygen atoms in total. The molecule has 3 aliphatic heterocycles. The highest BCUT2D eigenvalue weighted by Gasteiger charge is 2.55. The van der Waals surface area contributed by atoms with Crippen molar-refractivity contribution in [1.82, 2.24) is 14.5 Å². The second-order valence-corrected chi connectivity index (χ2v) is 17.9. The molecule has 5 heteroatoms. The topological polar surface area (TPSA) is 9.72 Å². The molecule has 5 atom stereocenters. The first-order valence-electron chi connectivity index (χ1n) is 16.0. The Morgan fingerprint density at radius 2 is 1.29 bits per heavy atom. The first-order chi connectivity index (χ1) is 19.9. The van der Waals surface area contributed by atoms with E-state index in [0.717, 1.165) is 13.1 Å². The van der Waals surface area contributed by atoms with Gasteiger partial charge in [0.05, 0.1) is 11.6 Å². The van der Waals surface area contributed by atoms with Crippen LogP contribution in [0, 0.1) is 5.92 Å². The molecule has 2 saturated heterocycles. The van der Waals surface area contributed by atoms with Gasteiger partial charge in [-0.1, -0.05) is 132 Å². The Balaban J connectivity index is 1.57. The quantitative estimate of drug-likeness (QED) is 0.256. The Morgan fingerprint density at radius 3 is 1.85 bits per heavy atom. The molecular formula is C36H49N3P2. The van der Waals surface area contributed by atoms with E-state index in [4.69, 9.17) is 0 Å². The Morgan fingerprint density at radius 1 is 0.756 bits per heavy atom. The number of nitrogens with zero attached hydrogens (tertiary/aromatic N) is 3. The molecule has 2 fully saturated rings. The van der Waals surface area contributed by atoms with Crippen molar-refractivity contribution in [3.05, 3.63) is 102 Å². The zero-order chi connectivity index (χ0) is 28.6. The van der Waals surface area contributed by atoms with Crippen molar-refractivity contribution in [2.24, 2.45) is 5.92 Å². The second-order valence-electron chi connectivity index (χ2n) is 12.9. The summed E-state index contributed by atoms with van der Waals surface area (Å²) in [5.41, 5.74) is 5.43. The minimum absolute atomic E-state index is 0.185. The van der Waals surface area contributed by atoms with E-state index in [-0.39, 0.29) is 5.41 Å². The van der Waals surface area contributed by atoms with Gasteiger partial charge in [-0.2, -0.15) is 0 Å². The summed E-state index contributed by atoms with van der Waals surface area (Å²) in [4.78, 5) is 0. The van der Waals surface area contributed by atoms with Crippen LogP contribution in [0.25, 0.3) is 0 Å². The fourth-order valence-corrected chi connectivity index (χ4v) is 16.0. The van der Waals surface area contributed by atoms with Gasteiger partial charge < -0.3 is 0 Å². The predicted octanol–water partition coefficient (Wildman–Crippen LogP) is 9.64. The van der Waals surface area contributed by atoms with Gasteiger partial charge in [0.15, 0.2) is 0 Å². The van der Waals surface area contributed by atoms with Crippen LogP contribution in [0.4, 0.5) is 0 Å². The van der Waals surface area contributed by atoms with Crippen LogP contribution in [-0.4, -0.2) is 39.8 Å². The van der Waals surface area contributed by atoms with E-state index in [1.807, 2.05) is 0 Å². The van der Waals surface area contributed by atoms with Gasteiger partial charge in [-0.05, 0) is 58.2 Å². The van der Waals surface area contributed by atoms with Gasteiger partial charge in [-0.3, -0.25) is 4.44 Å². The molecule has 0 radical (unpaired) electrons. The van der Waals surface area contributed by atoms with Gasteiger partial charge in [0.2, 0.25) is 0 Å². The maximum Gasteiger partial charge on any atom is 0.0847 e. The third-order valence-electron chi connectivity index (χ3n) is 10.2. The highest BCUT2D eigenvalue weighted by atomic mass is 31.2. The molecule has 41 heavy (non-hydrogen) atoms. The van der Waals surface area contributed by atoms with Crippen molar-refractivity contribution >= 4 is 21.4 Å². The molecule has 3 aliphatic rings. The smallest absolute Gasteiger partial charge is 0.0847 e. The van der Waals surface area contributed by atoms with Gasteiger partial charge in [-0.25, -0.2) is 10.0 Å². The molecule has 3 heterocycles. The summed E-state index contributed by atoms with van der Waals surface area (Å²) in [5, 5.41) is 7.33. The van der Waals surface area contributed by atoms with E-state index in [9.17, 15) is 0 Å². The van der Waals surface area contributed by atoms with E-state index < -0.39 is 16.1 Å². The summed E-state index contributed by atoms with van der Waals surface area (Å²) in [6, 6.07) is 32.7. The molecule has 3 aromatic carbocycles. The van der Waals surface area contributed by atoms with Crippen LogP contribution >= 0.6 is 16.1 Å². The lowest BCUT2D eigenvalue weighted by Crippen LogP contribution is -2.45. The highest BCUT2D eigenvalue weighted by Crippen LogP contribution is 2.78. The number of rotatable bonds is 7. The van der Waals surface area contributed by atoms with Crippen molar-refractivity contribution in [1.29, 1.82) is 0 Å².